The van der Waals surface area contributed by atoms with E-state index < -0.39 is 6.10 Å². The van der Waals surface area contributed by atoms with Crippen molar-refractivity contribution in [3.8, 4) is 17.2 Å². The predicted octanol–water partition coefficient (Wildman–Crippen LogP) is 3.21. The molecule has 0 unspecified atom stereocenters. The Balaban J connectivity index is 1.59. The number of ether oxygens (including phenoxy) is 3. The zero-order valence-corrected chi connectivity index (χ0v) is 16.8. The quantitative estimate of drug-likeness (QED) is 0.734. The number of methoxy groups -OCH3 is 2. The van der Waals surface area contributed by atoms with Gasteiger partial charge in [0.05, 0.1) is 14.2 Å². The fourth-order valence-electron chi connectivity index (χ4n) is 3.36. The van der Waals surface area contributed by atoms with Gasteiger partial charge in [0.2, 0.25) is 0 Å². The molecule has 1 saturated heterocycles. The summed E-state index contributed by atoms with van der Waals surface area (Å²) in [5.74, 6) is 2.11. The highest BCUT2D eigenvalue weighted by Gasteiger charge is 2.28. The maximum atomic E-state index is 13.0. The van der Waals surface area contributed by atoms with E-state index in [1.54, 1.807) is 14.2 Å². The Hall–Kier alpha value is -2.89. The zero-order valence-electron chi connectivity index (χ0n) is 16.8. The van der Waals surface area contributed by atoms with E-state index in [0.717, 1.165) is 24.5 Å². The Bertz CT molecular complexity index is 770. The third kappa shape index (κ3) is 4.50. The van der Waals surface area contributed by atoms with Crippen LogP contribution < -0.4 is 19.1 Å². The van der Waals surface area contributed by atoms with E-state index >= 15 is 0 Å². The minimum absolute atomic E-state index is 0.0304. The van der Waals surface area contributed by atoms with Gasteiger partial charge in [0, 0.05) is 31.9 Å². The van der Waals surface area contributed by atoms with Crippen LogP contribution in [0, 0.1) is 0 Å². The molecule has 1 fully saturated rings. The number of para-hydroxylation sites is 2. The van der Waals surface area contributed by atoms with Crippen molar-refractivity contribution in [3.05, 3.63) is 48.5 Å². The number of benzene rings is 2. The van der Waals surface area contributed by atoms with Crippen LogP contribution >= 0.6 is 0 Å². The van der Waals surface area contributed by atoms with Crippen molar-refractivity contribution in [1.29, 1.82) is 0 Å². The summed E-state index contributed by atoms with van der Waals surface area (Å²) in [7, 11) is 3.26. The number of piperazine rings is 1. The highest BCUT2D eigenvalue weighted by molar-refractivity contribution is 5.81. The van der Waals surface area contributed by atoms with Crippen LogP contribution in [0.1, 0.15) is 13.3 Å². The van der Waals surface area contributed by atoms with Gasteiger partial charge in [0.25, 0.3) is 5.91 Å². The number of amides is 1. The first-order chi connectivity index (χ1) is 13.7. The first-order valence-electron chi connectivity index (χ1n) is 9.63. The molecule has 1 atom stereocenters. The summed E-state index contributed by atoms with van der Waals surface area (Å²) in [5, 5.41) is 0. The van der Waals surface area contributed by atoms with E-state index in [1.807, 2.05) is 48.2 Å². The first-order valence-corrected chi connectivity index (χ1v) is 9.63. The summed E-state index contributed by atoms with van der Waals surface area (Å²) >= 11 is 0. The lowest BCUT2D eigenvalue weighted by molar-refractivity contribution is -0.139. The van der Waals surface area contributed by atoms with Gasteiger partial charge in [-0.2, -0.15) is 0 Å². The molecular weight excluding hydrogens is 356 g/mol. The number of nitrogens with zero attached hydrogens (tertiary/aromatic N) is 2. The molecule has 0 spiro atoms. The molecule has 0 aliphatic carbocycles. The maximum Gasteiger partial charge on any atom is 0.263 e. The van der Waals surface area contributed by atoms with Crippen LogP contribution in [0.4, 0.5) is 5.69 Å². The Morgan fingerprint density at radius 2 is 1.57 bits per heavy atom. The topological polar surface area (TPSA) is 51.2 Å². The maximum absolute atomic E-state index is 13.0. The van der Waals surface area contributed by atoms with E-state index in [9.17, 15) is 4.79 Å². The Morgan fingerprint density at radius 1 is 0.929 bits per heavy atom. The second-order valence-corrected chi connectivity index (χ2v) is 6.68. The van der Waals surface area contributed by atoms with Crippen LogP contribution in [0.3, 0.4) is 0 Å². The Morgan fingerprint density at radius 3 is 2.14 bits per heavy atom. The molecule has 6 heteroatoms. The van der Waals surface area contributed by atoms with Crippen LogP contribution in [-0.4, -0.2) is 57.3 Å². The molecule has 0 saturated carbocycles. The molecular formula is C22H28N2O4. The fraction of sp³-hybridized carbons (Fsp3) is 0.409. The van der Waals surface area contributed by atoms with Gasteiger partial charge in [0.1, 0.15) is 5.75 Å². The fourth-order valence-corrected chi connectivity index (χ4v) is 3.36. The van der Waals surface area contributed by atoms with E-state index in [4.69, 9.17) is 14.2 Å². The molecule has 3 rings (SSSR count). The Labute approximate surface area is 166 Å². The lowest BCUT2D eigenvalue weighted by atomic mass is 10.2. The van der Waals surface area contributed by atoms with Crippen molar-refractivity contribution in [2.75, 3.05) is 45.3 Å². The van der Waals surface area contributed by atoms with Crippen LogP contribution in [0.15, 0.2) is 48.5 Å². The molecule has 1 aliphatic rings. The molecule has 2 aromatic carbocycles. The van der Waals surface area contributed by atoms with E-state index in [-0.39, 0.29) is 5.91 Å². The lowest BCUT2D eigenvalue weighted by Crippen LogP contribution is -2.52. The van der Waals surface area contributed by atoms with Crippen LogP contribution in [0.2, 0.25) is 0 Å². The smallest absolute Gasteiger partial charge is 0.263 e. The van der Waals surface area contributed by atoms with Crippen molar-refractivity contribution < 1.29 is 19.0 Å². The van der Waals surface area contributed by atoms with E-state index in [2.05, 4.69) is 17.0 Å². The van der Waals surface area contributed by atoms with Gasteiger partial charge in [0.15, 0.2) is 17.6 Å². The second-order valence-electron chi connectivity index (χ2n) is 6.68. The number of carbonyl (C=O) groups excluding carboxylic acids is 1. The van der Waals surface area contributed by atoms with Crippen LogP contribution in [0.25, 0.3) is 0 Å². The minimum atomic E-state index is -0.510. The van der Waals surface area contributed by atoms with Crippen molar-refractivity contribution in [2.45, 2.75) is 19.4 Å². The van der Waals surface area contributed by atoms with Gasteiger partial charge >= 0.3 is 0 Å². The third-order valence-corrected chi connectivity index (χ3v) is 5.01. The first kappa shape index (κ1) is 19.9. The largest absolute Gasteiger partial charge is 0.497 e. The molecule has 1 aliphatic heterocycles. The van der Waals surface area contributed by atoms with Crippen molar-refractivity contribution in [1.82, 2.24) is 4.90 Å². The van der Waals surface area contributed by atoms with Gasteiger partial charge in [-0.15, -0.1) is 0 Å². The monoisotopic (exact) mass is 384 g/mol. The number of hydrogen-bond donors (Lipinski definition) is 0. The molecule has 0 N–H and O–H groups in total. The predicted molar refractivity (Wildman–Crippen MR) is 109 cm³/mol. The number of rotatable bonds is 7. The van der Waals surface area contributed by atoms with Crippen molar-refractivity contribution >= 4 is 11.6 Å². The molecule has 1 amide bonds. The average Bonchev–Trinajstić information content (AvgIpc) is 2.77. The molecule has 0 radical (unpaired) electrons. The van der Waals surface area contributed by atoms with E-state index in [1.165, 1.54) is 0 Å². The Kier molecular flexibility index (Phi) is 6.63. The highest BCUT2D eigenvalue weighted by atomic mass is 16.5. The zero-order chi connectivity index (χ0) is 19.9. The number of hydrogen-bond acceptors (Lipinski definition) is 5. The molecule has 6 nitrogen and oxygen atoms in total. The van der Waals surface area contributed by atoms with Gasteiger partial charge in [-0.3, -0.25) is 4.79 Å². The minimum Gasteiger partial charge on any atom is -0.497 e. The van der Waals surface area contributed by atoms with Crippen molar-refractivity contribution in [3.63, 3.8) is 0 Å². The third-order valence-electron chi connectivity index (χ3n) is 5.01. The van der Waals surface area contributed by atoms with Crippen LogP contribution in [0.5, 0.6) is 17.2 Å². The summed E-state index contributed by atoms with van der Waals surface area (Å²) < 4.78 is 16.5. The summed E-state index contributed by atoms with van der Waals surface area (Å²) in [6.07, 6.45) is 0.0964. The summed E-state index contributed by atoms with van der Waals surface area (Å²) in [5.41, 5.74) is 1.14. The number of carbonyl (C=O) groups is 1. The van der Waals surface area contributed by atoms with Gasteiger partial charge in [-0.25, -0.2) is 0 Å². The lowest BCUT2D eigenvalue weighted by Gasteiger charge is -2.37. The standard InChI is InChI=1S/C22H28N2O4/c1-4-19(28-21-8-6-5-7-20(21)27-3)22(25)24-15-13-23(14-16-24)17-9-11-18(26-2)12-10-17/h5-12,19H,4,13-16H2,1-3H3/t19-/m1/s1. The highest BCUT2D eigenvalue weighted by Crippen LogP contribution is 2.28. The van der Waals surface area contributed by atoms with Crippen molar-refractivity contribution in [2.24, 2.45) is 0 Å². The molecule has 1 heterocycles. The molecule has 28 heavy (non-hydrogen) atoms. The normalized spacial score (nSPS) is 15.1. The number of anilines is 1. The molecule has 0 bridgehead atoms. The average molecular weight is 384 g/mol. The van der Waals surface area contributed by atoms with Gasteiger partial charge in [-0.1, -0.05) is 19.1 Å². The second kappa shape index (κ2) is 9.35. The van der Waals surface area contributed by atoms with E-state index in [0.29, 0.717) is 31.0 Å². The molecule has 2 aromatic rings. The summed E-state index contributed by atoms with van der Waals surface area (Å²) in [6, 6.07) is 15.4. The summed E-state index contributed by atoms with van der Waals surface area (Å²) in [6.45, 7) is 4.91. The van der Waals surface area contributed by atoms with Gasteiger partial charge < -0.3 is 24.0 Å². The van der Waals surface area contributed by atoms with Gasteiger partial charge in [-0.05, 0) is 42.8 Å². The summed E-state index contributed by atoms with van der Waals surface area (Å²) in [4.78, 5) is 17.2. The SMILES string of the molecule is CC[C@@H](Oc1ccccc1OC)C(=O)N1CCN(c2ccc(OC)cc2)CC1. The molecule has 0 aromatic heterocycles. The molecule has 150 valence electrons. The van der Waals surface area contributed by atoms with Crippen LogP contribution in [-0.2, 0) is 4.79 Å².